The van der Waals surface area contributed by atoms with E-state index in [2.05, 4.69) is 23.3 Å². The van der Waals surface area contributed by atoms with Gasteiger partial charge in [-0.2, -0.15) is 12.6 Å². The number of amides is 3. The lowest BCUT2D eigenvalue weighted by molar-refractivity contribution is -0.139. The molecule has 0 fully saturated rings. The Morgan fingerprint density at radius 3 is 2.18 bits per heavy atom. The van der Waals surface area contributed by atoms with Crippen LogP contribution < -0.4 is 21.7 Å². The first kappa shape index (κ1) is 20.1. The summed E-state index contributed by atoms with van der Waals surface area (Å²) in [6.45, 7) is 0.272. The molecule has 0 spiro atoms. The van der Waals surface area contributed by atoms with E-state index < -0.39 is 48.4 Å². The molecule has 7 N–H and O–H groups in total. The number of carboxylic acids is 1. The SMILES string of the molecule is C[C@@H](O)[C@H](NC(=O)[C@H](CS)NC(=O)CN)C(=O)NCC(=O)O. The van der Waals surface area contributed by atoms with Crippen LogP contribution in [0.3, 0.4) is 0 Å². The van der Waals surface area contributed by atoms with Crippen LogP contribution in [0.4, 0.5) is 0 Å². The predicted octanol–water partition coefficient (Wildman–Crippen LogP) is -3.57. The summed E-state index contributed by atoms with van der Waals surface area (Å²) >= 11 is 3.91. The highest BCUT2D eigenvalue weighted by atomic mass is 32.1. The maximum absolute atomic E-state index is 12.0. The van der Waals surface area contributed by atoms with Crippen LogP contribution in [0.25, 0.3) is 0 Å². The monoisotopic (exact) mass is 336 g/mol. The van der Waals surface area contributed by atoms with Crippen molar-refractivity contribution in [1.29, 1.82) is 0 Å². The molecule has 0 bridgehead atoms. The van der Waals surface area contributed by atoms with Gasteiger partial charge in [0, 0.05) is 5.75 Å². The zero-order chi connectivity index (χ0) is 17.3. The molecule has 0 aliphatic carbocycles. The zero-order valence-electron chi connectivity index (χ0n) is 11.9. The van der Waals surface area contributed by atoms with Gasteiger partial charge in [-0.3, -0.25) is 19.2 Å². The Morgan fingerprint density at radius 1 is 1.18 bits per heavy atom. The number of carbonyl (C=O) groups is 4. The summed E-state index contributed by atoms with van der Waals surface area (Å²) < 4.78 is 0. The van der Waals surface area contributed by atoms with Crippen LogP contribution in [0.2, 0.25) is 0 Å². The lowest BCUT2D eigenvalue weighted by atomic mass is 10.1. The smallest absolute Gasteiger partial charge is 0.322 e. The molecule has 0 saturated carbocycles. The van der Waals surface area contributed by atoms with Crippen molar-refractivity contribution in [1.82, 2.24) is 16.0 Å². The van der Waals surface area contributed by atoms with E-state index in [9.17, 15) is 24.3 Å². The maximum atomic E-state index is 12.0. The minimum Gasteiger partial charge on any atom is -0.480 e. The van der Waals surface area contributed by atoms with E-state index in [0.717, 1.165) is 0 Å². The van der Waals surface area contributed by atoms with Gasteiger partial charge in [0.15, 0.2) is 0 Å². The Bertz CT molecular complexity index is 431. The molecule has 126 valence electrons. The fraction of sp³-hybridized carbons (Fsp3) is 0.636. The molecule has 0 aromatic heterocycles. The van der Waals surface area contributed by atoms with Crippen molar-refractivity contribution in [2.75, 3.05) is 18.8 Å². The van der Waals surface area contributed by atoms with Crippen LogP contribution in [0.15, 0.2) is 0 Å². The first-order valence-electron chi connectivity index (χ1n) is 6.31. The van der Waals surface area contributed by atoms with Crippen LogP contribution in [0.5, 0.6) is 0 Å². The normalized spacial score (nSPS) is 14.4. The van der Waals surface area contributed by atoms with Gasteiger partial charge in [-0.1, -0.05) is 0 Å². The summed E-state index contributed by atoms with van der Waals surface area (Å²) in [6.07, 6.45) is -1.27. The van der Waals surface area contributed by atoms with Crippen molar-refractivity contribution in [3.8, 4) is 0 Å². The maximum Gasteiger partial charge on any atom is 0.322 e. The Kier molecular flexibility index (Phi) is 9.13. The lowest BCUT2D eigenvalue weighted by Gasteiger charge is -2.23. The number of aliphatic hydroxyl groups is 1. The molecule has 3 amide bonds. The average Bonchev–Trinajstić information content (AvgIpc) is 2.46. The molecule has 0 aromatic rings. The van der Waals surface area contributed by atoms with Gasteiger partial charge < -0.3 is 31.9 Å². The molecule has 0 aromatic carbocycles. The van der Waals surface area contributed by atoms with E-state index in [1.54, 1.807) is 0 Å². The second kappa shape index (κ2) is 9.97. The summed E-state index contributed by atoms with van der Waals surface area (Å²) in [4.78, 5) is 45.3. The summed E-state index contributed by atoms with van der Waals surface area (Å²) in [5, 5.41) is 24.6. The summed E-state index contributed by atoms with van der Waals surface area (Å²) in [5.74, 6) is -3.53. The van der Waals surface area contributed by atoms with Crippen molar-refractivity contribution in [3.05, 3.63) is 0 Å². The number of carbonyl (C=O) groups excluding carboxylic acids is 3. The third-order valence-electron chi connectivity index (χ3n) is 2.50. The minimum absolute atomic E-state index is 0.0547. The molecular weight excluding hydrogens is 316 g/mol. The van der Waals surface area contributed by atoms with Crippen molar-refractivity contribution < 1.29 is 29.4 Å². The van der Waals surface area contributed by atoms with Crippen LogP contribution >= 0.6 is 12.6 Å². The minimum atomic E-state index is -1.37. The van der Waals surface area contributed by atoms with Crippen molar-refractivity contribution >= 4 is 36.3 Å². The van der Waals surface area contributed by atoms with E-state index in [-0.39, 0.29) is 12.3 Å². The Balaban J connectivity index is 4.78. The highest BCUT2D eigenvalue weighted by molar-refractivity contribution is 7.80. The summed E-state index contributed by atoms with van der Waals surface area (Å²) in [7, 11) is 0. The van der Waals surface area contributed by atoms with Gasteiger partial charge in [-0.25, -0.2) is 0 Å². The number of rotatable bonds is 9. The highest BCUT2D eigenvalue weighted by Gasteiger charge is 2.29. The molecular formula is C11H20N4O6S. The van der Waals surface area contributed by atoms with E-state index in [0.29, 0.717) is 0 Å². The predicted molar refractivity (Wildman–Crippen MR) is 79.1 cm³/mol. The molecule has 3 atom stereocenters. The molecule has 0 unspecified atom stereocenters. The van der Waals surface area contributed by atoms with E-state index in [4.69, 9.17) is 10.8 Å². The Morgan fingerprint density at radius 2 is 1.77 bits per heavy atom. The molecule has 10 nitrogen and oxygen atoms in total. The first-order chi connectivity index (χ1) is 10.2. The third kappa shape index (κ3) is 7.24. The highest BCUT2D eigenvalue weighted by Crippen LogP contribution is 1.97. The summed E-state index contributed by atoms with van der Waals surface area (Å²) in [5.41, 5.74) is 5.11. The molecule has 0 rings (SSSR count). The van der Waals surface area contributed by atoms with Crippen molar-refractivity contribution in [2.45, 2.75) is 25.1 Å². The van der Waals surface area contributed by atoms with E-state index >= 15 is 0 Å². The summed E-state index contributed by atoms with van der Waals surface area (Å²) in [6, 6.07) is -2.42. The molecule has 11 heteroatoms. The van der Waals surface area contributed by atoms with E-state index in [1.165, 1.54) is 6.92 Å². The van der Waals surface area contributed by atoms with Gasteiger partial charge in [0.1, 0.15) is 18.6 Å². The molecule has 0 aliphatic rings. The van der Waals surface area contributed by atoms with Gasteiger partial charge in [0.05, 0.1) is 12.6 Å². The van der Waals surface area contributed by atoms with Gasteiger partial charge >= 0.3 is 5.97 Å². The number of nitrogens with one attached hydrogen (secondary N) is 3. The number of aliphatic carboxylic acids is 1. The van der Waals surface area contributed by atoms with Gasteiger partial charge in [-0.15, -0.1) is 0 Å². The Hall–Kier alpha value is -1.85. The van der Waals surface area contributed by atoms with Gasteiger partial charge in [-0.05, 0) is 6.92 Å². The molecule has 0 heterocycles. The van der Waals surface area contributed by atoms with Crippen LogP contribution in [0, 0.1) is 0 Å². The lowest BCUT2D eigenvalue weighted by Crippen LogP contribution is -2.58. The van der Waals surface area contributed by atoms with Crippen molar-refractivity contribution in [3.63, 3.8) is 0 Å². The first-order valence-corrected chi connectivity index (χ1v) is 6.94. The van der Waals surface area contributed by atoms with E-state index in [1.807, 2.05) is 5.32 Å². The fourth-order valence-corrected chi connectivity index (χ4v) is 1.64. The number of aliphatic hydroxyl groups excluding tert-OH is 1. The zero-order valence-corrected chi connectivity index (χ0v) is 12.8. The molecule has 0 saturated heterocycles. The fourth-order valence-electron chi connectivity index (χ4n) is 1.38. The second-order valence-electron chi connectivity index (χ2n) is 4.35. The number of carboxylic acid groups (broad SMARTS) is 1. The molecule has 0 radical (unpaired) electrons. The third-order valence-corrected chi connectivity index (χ3v) is 2.86. The van der Waals surface area contributed by atoms with Crippen molar-refractivity contribution in [2.24, 2.45) is 5.73 Å². The topological polar surface area (TPSA) is 171 Å². The number of nitrogens with two attached hydrogens (primary N) is 1. The molecule has 22 heavy (non-hydrogen) atoms. The average molecular weight is 336 g/mol. The van der Waals surface area contributed by atoms with Crippen LogP contribution in [-0.2, 0) is 19.2 Å². The second-order valence-corrected chi connectivity index (χ2v) is 4.71. The largest absolute Gasteiger partial charge is 0.480 e. The van der Waals surface area contributed by atoms with Gasteiger partial charge in [0.2, 0.25) is 17.7 Å². The number of hydrogen-bond donors (Lipinski definition) is 7. The Labute approximate surface area is 132 Å². The standard InChI is InChI=1S/C11H20N4O6S/c1-5(16)9(11(21)13-3-8(18)19)15-10(20)6(4-22)14-7(17)2-12/h5-6,9,16,22H,2-4,12H2,1H3,(H,13,21)(H,14,17)(H,15,20)(H,18,19)/t5-,6+,9+/m1/s1. The number of thiol groups is 1. The van der Waals surface area contributed by atoms with Crippen LogP contribution in [0.1, 0.15) is 6.92 Å². The quantitative estimate of drug-likeness (QED) is 0.213. The van der Waals surface area contributed by atoms with Crippen LogP contribution in [-0.4, -0.2) is 70.9 Å². The molecule has 0 aliphatic heterocycles. The van der Waals surface area contributed by atoms with Gasteiger partial charge in [0.25, 0.3) is 0 Å². The number of hydrogen-bond acceptors (Lipinski definition) is 7.